The predicted molar refractivity (Wildman–Crippen MR) is 106 cm³/mol. The van der Waals surface area contributed by atoms with Gasteiger partial charge >= 0.3 is 0 Å². The van der Waals surface area contributed by atoms with Gasteiger partial charge in [-0.15, -0.1) is 12.4 Å². The smallest absolute Gasteiger partial charge is 0.232 e. The molecule has 2 saturated heterocycles. The Kier molecular flexibility index (Phi) is 5.88. The molecule has 3 fully saturated rings. The van der Waals surface area contributed by atoms with Crippen molar-refractivity contribution in [1.29, 1.82) is 0 Å². The Morgan fingerprint density at radius 3 is 2.96 bits per heavy atom. The predicted octanol–water partition coefficient (Wildman–Crippen LogP) is 3.34. The molecule has 0 radical (unpaired) electrons. The molecule has 2 aliphatic heterocycles. The van der Waals surface area contributed by atoms with Crippen molar-refractivity contribution in [3.63, 3.8) is 0 Å². The molecule has 2 atom stereocenters. The molecule has 2 amide bonds. The van der Waals surface area contributed by atoms with Gasteiger partial charge in [-0.25, -0.2) is 0 Å². The van der Waals surface area contributed by atoms with Gasteiger partial charge in [-0.3, -0.25) is 9.59 Å². The number of carbonyl (C=O) groups is 2. The molecule has 2 heterocycles. The number of piperidine rings is 1. The van der Waals surface area contributed by atoms with Gasteiger partial charge < -0.3 is 15.5 Å². The van der Waals surface area contributed by atoms with Crippen molar-refractivity contribution in [1.82, 2.24) is 5.32 Å². The van der Waals surface area contributed by atoms with E-state index in [2.05, 4.69) is 10.6 Å². The second kappa shape index (κ2) is 7.97. The lowest BCUT2D eigenvalue weighted by molar-refractivity contribution is -0.128. The number of amides is 2. The molecule has 0 unspecified atom stereocenters. The molecule has 26 heavy (non-hydrogen) atoms. The minimum atomic E-state index is -0.255. The lowest BCUT2D eigenvalue weighted by Gasteiger charge is -2.37. The van der Waals surface area contributed by atoms with Crippen molar-refractivity contribution in [2.24, 2.45) is 11.3 Å². The Morgan fingerprint density at radius 1 is 1.23 bits per heavy atom. The summed E-state index contributed by atoms with van der Waals surface area (Å²) in [6.45, 7) is 2.51. The summed E-state index contributed by atoms with van der Waals surface area (Å²) in [6, 6.07) is 7.75. The summed E-state index contributed by atoms with van der Waals surface area (Å²) in [5.74, 6) is 0.776. The number of anilines is 2. The van der Waals surface area contributed by atoms with Crippen LogP contribution >= 0.6 is 12.4 Å². The molecule has 142 valence electrons. The van der Waals surface area contributed by atoms with Crippen LogP contribution in [0, 0.1) is 11.3 Å². The van der Waals surface area contributed by atoms with Crippen molar-refractivity contribution < 1.29 is 9.59 Å². The Morgan fingerprint density at radius 2 is 2.12 bits per heavy atom. The van der Waals surface area contributed by atoms with E-state index in [1.807, 2.05) is 29.2 Å². The highest BCUT2D eigenvalue weighted by molar-refractivity contribution is 5.98. The Labute approximate surface area is 161 Å². The zero-order valence-corrected chi connectivity index (χ0v) is 15.9. The van der Waals surface area contributed by atoms with Crippen LogP contribution in [0.4, 0.5) is 11.4 Å². The van der Waals surface area contributed by atoms with Crippen LogP contribution in [0.1, 0.15) is 44.9 Å². The Balaban J connectivity index is 0.00000196. The fraction of sp³-hybridized carbons (Fsp3) is 0.600. The molecule has 5 nitrogen and oxygen atoms in total. The molecule has 1 aromatic carbocycles. The average molecular weight is 378 g/mol. The number of hydrogen-bond acceptors (Lipinski definition) is 3. The molecule has 0 aromatic heterocycles. The fourth-order valence-electron chi connectivity index (χ4n) is 4.78. The van der Waals surface area contributed by atoms with Crippen molar-refractivity contribution >= 4 is 35.6 Å². The first-order valence-electron chi connectivity index (χ1n) is 9.62. The summed E-state index contributed by atoms with van der Waals surface area (Å²) >= 11 is 0. The van der Waals surface area contributed by atoms with Gasteiger partial charge in [0.15, 0.2) is 0 Å². The summed E-state index contributed by atoms with van der Waals surface area (Å²) in [5.41, 5.74) is 1.44. The monoisotopic (exact) mass is 377 g/mol. The molecule has 2 N–H and O–H groups in total. The van der Waals surface area contributed by atoms with Crippen molar-refractivity contribution in [2.45, 2.75) is 44.9 Å². The number of fused-ring (bicyclic) bond motifs is 1. The molecule has 0 bridgehead atoms. The summed E-state index contributed by atoms with van der Waals surface area (Å²) in [6.07, 6.45) is 7.11. The first kappa shape index (κ1) is 19.2. The maximum atomic E-state index is 13.1. The van der Waals surface area contributed by atoms with Crippen molar-refractivity contribution in [3.8, 4) is 0 Å². The Bertz CT molecular complexity index is 681. The number of nitrogens with one attached hydrogen (secondary N) is 2. The fourth-order valence-corrected chi connectivity index (χ4v) is 4.78. The largest absolute Gasteiger partial charge is 0.325 e. The van der Waals surface area contributed by atoms with E-state index in [1.54, 1.807) is 0 Å². The lowest BCUT2D eigenvalue weighted by Crippen LogP contribution is -2.44. The average Bonchev–Trinajstić information content (AvgIpc) is 3.08. The zero-order valence-electron chi connectivity index (χ0n) is 15.1. The van der Waals surface area contributed by atoms with E-state index in [-0.39, 0.29) is 29.6 Å². The third-order valence-corrected chi connectivity index (χ3v) is 6.23. The number of halogens is 1. The standard InChI is InChI=1S/C20H27N3O2.ClH/c24-18-9-2-4-11-23(18)17-8-5-7-16(12-17)22-19(25)20-10-3-1-6-15(20)13-21-14-20;/h5,7-8,12,15,21H,1-4,6,9-11,13-14H2,(H,22,25);1H/t15-,20+;/m0./s1. The summed E-state index contributed by atoms with van der Waals surface area (Å²) in [5, 5.41) is 6.58. The van der Waals surface area contributed by atoms with Crippen LogP contribution in [0.25, 0.3) is 0 Å². The maximum Gasteiger partial charge on any atom is 0.232 e. The van der Waals surface area contributed by atoms with Crippen LogP contribution in [0.15, 0.2) is 24.3 Å². The normalized spacial score (nSPS) is 28.2. The highest BCUT2D eigenvalue weighted by Crippen LogP contribution is 2.44. The molecule has 1 saturated carbocycles. The van der Waals surface area contributed by atoms with E-state index in [0.29, 0.717) is 12.3 Å². The van der Waals surface area contributed by atoms with Crippen LogP contribution in [0.5, 0.6) is 0 Å². The third-order valence-electron chi connectivity index (χ3n) is 6.23. The molecule has 1 aliphatic carbocycles. The third kappa shape index (κ3) is 3.47. The van der Waals surface area contributed by atoms with Gasteiger partial charge in [-0.2, -0.15) is 0 Å². The van der Waals surface area contributed by atoms with E-state index >= 15 is 0 Å². The van der Waals surface area contributed by atoms with E-state index < -0.39 is 0 Å². The second-order valence-corrected chi connectivity index (χ2v) is 7.74. The molecule has 0 spiro atoms. The van der Waals surface area contributed by atoms with Gasteiger partial charge in [0.05, 0.1) is 5.41 Å². The molecular formula is C20H28ClN3O2. The van der Waals surface area contributed by atoms with Crippen LogP contribution in [0.2, 0.25) is 0 Å². The lowest BCUT2D eigenvalue weighted by atomic mass is 9.67. The quantitative estimate of drug-likeness (QED) is 0.849. The first-order chi connectivity index (χ1) is 12.2. The maximum absolute atomic E-state index is 13.1. The summed E-state index contributed by atoms with van der Waals surface area (Å²) < 4.78 is 0. The number of nitrogens with zero attached hydrogens (tertiary/aromatic N) is 1. The van der Waals surface area contributed by atoms with Crippen molar-refractivity contribution in [2.75, 3.05) is 29.9 Å². The number of rotatable bonds is 3. The van der Waals surface area contributed by atoms with Gasteiger partial charge in [0, 0.05) is 30.9 Å². The first-order valence-corrected chi connectivity index (χ1v) is 9.62. The summed E-state index contributed by atoms with van der Waals surface area (Å²) in [7, 11) is 0. The number of hydrogen-bond donors (Lipinski definition) is 2. The van der Waals surface area contributed by atoms with Crippen molar-refractivity contribution in [3.05, 3.63) is 24.3 Å². The molecule has 6 heteroatoms. The number of carbonyl (C=O) groups excluding carboxylic acids is 2. The van der Waals surface area contributed by atoms with E-state index in [1.165, 1.54) is 6.42 Å². The van der Waals surface area contributed by atoms with Gasteiger partial charge in [0.25, 0.3) is 0 Å². The van der Waals surface area contributed by atoms with Crippen LogP contribution in [-0.2, 0) is 9.59 Å². The van der Waals surface area contributed by atoms with Gasteiger partial charge in [0.2, 0.25) is 11.8 Å². The van der Waals surface area contributed by atoms with Gasteiger partial charge in [-0.1, -0.05) is 18.9 Å². The second-order valence-electron chi connectivity index (χ2n) is 7.74. The van der Waals surface area contributed by atoms with Gasteiger partial charge in [0.1, 0.15) is 0 Å². The van der Waals surface area contributed by atoms with E-state index in [9.17, 15) is 9.59 Å². The molecule has 4 rings (SSSR count). The molecular weight excluding hydrogens is 350 g/mol. The summed E-state index contributed by atoms with van der Waals surface area (Å²) in [4.78, 5) is 27.1. The Hall–Kier alpha value is -1.59. The highest BCUT2D eigenvalue weighted by Gasteiger charge is 2.49. The van der Waals surface area contributed by atoms with E-state index in [0.717, 1.165) is 63.1 Å². The highest BCUT2D eigenvalue weighted by atomic mass is 35.5. The molecule has 1 aromatic rings. The number of benzene rings is 1. The molecule has 3 aliphatic rings. The zero-order chi connectivity index (χ0) is 17.3. The van der Waals surface area contributed by atoms with Crippen LogP contribution in [0.3, 0.4) is 0 Å². The van der Waals surface area contributed by atoms with Crippen LogP contribution < -0.4 is 15.5 Å². The topological polar surface area (TPSA) is 61.4 Å². The van der Waals surface area contributed by atoms with Crippen LogP contribution in [-0.4, -0.2) is 31.4 Å². The minimum absolute atomic E-state index is 0. The SMILES string of the molecule is Cl.O=C1CCCCN1c1cccc(NC(=O)[C@@]23CCCC[C@H]2CNC3)c1. The van der Waals surface area contributed by atoms with E-state index in [4.69, 9.17) is 0 Å². The minimum Gasteiger partial charge on any atom is -0.325 e. The van der Waals surface area contributed by atoms with Gasteiger partial charge in [-0.05, 0) is 56.3 Å².